The summed E-state index contributed by atoms with van der Waals surface area (Å²) in [5.74, 6) is -0.885. The van der Waals surface area contributed by atoms with Gasteiger partial charge in [-0.2, -0.15) is 0 Å². The van der Waals surface area contributed by atoms with E-state index in [4.69, 9.17) is 39.9 Å². The standard InChI is InChI=1S/C9H8Cl3NO2/c10-5-3-6(11)9(7(12)4-5)13-2-1-8(14)15/h3-4,13H,1-2H2,(H,14,15). The number of hydrogen-bond donors (Lipinski definition) is 2. The summed E-state index contributed by atoms with van der Waals surface area (Å²) < 4.78 is 0. The number of rotatable bonds is 4. The summed E-state index contributed by atoms with van der Waals surface area (Å²) in [7, 11) is 0. The molecule has 0 amide bonds. The van der Waals surface area contributed by atoms with Crippen molar-refractivity contribution >= 4 is 46.5 Å². The van der Waals surface area contributed by atoms with E-state index in [-0.39, 0.29) is 13.0 Å². The summed E-state index contributed by atoms with van der Waals surface area (Å²) in [6.45, 7) is 0.260. The van der Waals surface area contributed by atoms with Crippen molar-refractivity contribution in [1.82, 2.24) is 0 Å². The fraction of sp³-hybridized carbons (Fsp3) is 0.222. The molecule has 0 bridgehead atoms. The lowest BCUT2D eigenvalue weighted by Crippen LogP contribution is -2.08. The van der Waals surface area contributed by atoms with Crippen LogP contribution in [0.25, 0.3) is 0 Å². The minimum Gasteiger partial charge on any atom is -0.481 e. The Morgan fingerprint density at radius 1 is 1.27 bits per heavy atom. The lowest BCUT2D eigenvalue weighted by molar-refractivity contribution is -0.136. The average Bonchev–Trinajstić information content (AvgIpc) is 2.08. The molecule has 6 heteroatoms. The number of nitrogens with one attached hydrogen (secondary N) is 1. The van der Waals surface area contributed by atoms with Crippen LogP contribution >= 0.6 is 34.8 Å². The first-order valence-corrected chi connectivity index (χ1v) is 5.24. The lowest BCUT2D eigenvalue weighted by atomic mass is 10.3. The number of anilines is 1. The second kappa shape index (κ2) is 5.45. The van der Waals surface area contributed by atoms with Crippen molar-refractivity contribution in [3.05, 3.63) is 27.2 Å². The fourth-order valence-electron chi connectivity index (χ4n) is 1.01. The molecule has 0 spiro atoms. The van der Waals surface area contributed by atoms with Crippen molar-refractivity contribution < 1.29 is 9.90 Å². The van der Waals surface area contributed by atoms with Gasteiger partial charge in [0.2, 0.25) is 0 Å². The first kappa shape index (κ1) is 12.4. The van der Waals surface area contributed by atoms with Gasteiger partial charge in [-0.1, -0.05) is 34.8 Å². The second-order valence-electron chi connectivity index (χ2n) is 2.81. The molecule has 2 N–H and O–H groups in total. The highest BCUT2D eigenvalue weighted by Crippen LogP contribution is 2.33. The molecule has 0 atom stereocenters. The first-order valence-electron chi connectivity index (χ1n) is 4.11. The van der Waals surface area contributed by atoms with E-state index in [0.717, 1.165) is 0 Å². The van der Waals surface area contributed by atoms with Gasteiger partial charge in [0.05, 0.1) is 22.2 Å². The molecular weight excluding hydrogens is 260 g/mol. The third-order valence-corrected chi connectivity index (χ3v) is 2.46. The predicted octanol–water partition coefficient (Wildman–Crippen LogP) is 3.53. The average molecular weight is 269 g/mol. The summed E-state index contributed by atoms with van der Waals surface area (Å²) in [6.07, 6.45) is -0.00468. The molecule has 0 aliphatic rings. The summed E-state index contributed by atoms with van der Waals surface area (Å²) >= 11 is 17.5. The van der Waals surface area contributed by atoms with Crippen molar-refractivity contribution in [3.8, 4) is 0 Å². The molecule has 0 saturated heterocycles. The van der Waals surface area contributed by atoms with Crippen LogP contribution in [-0.2, 0) is 4.79 Å². The SMILES string of the molecule is O=C(O)CCNc1c(Cl)cc(Cl)cc1Cl. The third kappa shape index (κ3) is 3.78. The van der Waals surface area contributed by atoms with Gasteiger partial charge in [0.15, 0.2) is 0 Å². The molecule has 0 fully saturated rings. The van der Waals surface area contributed by atoms with Crippen LogP contribution in [0.4, 0.5) is 5.69 Å². The highest BCUT2D eigenvalue weighted by atomic mass is 35.5. The molecule has 0 unspecified atom stereocenters. The van der Waals surface area contributed by atoms with Gasteiger partial charge in [0.1, 0.15) is 0 Å². The Labute approximate surface area is 102 Å². The smallest absolute Gasteiger partial charge is 0.305 e. The number of hydrogen-bond acceptors (Lipinski definition) is 2. The Bertz CT molecular complexity index is 359. The Kier molecular flexibility index (Phi) is 4.51. The largest absolute Gasteiger partial charge is 0.481 e. The maximum absolute atomic E-state index is 10.3. The Hall–Kier alpha value is -0.640. The molecule has 1 aromatic carbocycles. The van der Waals surface area contributed by atoms with Crippen LogP contribution in [0.5, 0.6) is 0 Å². The van der Waals surface area contributed by atoms with Gasteiger partial charge in [0, 0.05) is 11.6 Å². The highest BCUT2D eigenvalue weighted by Gasteiger charge is 2.07. The van der Waals surface area contributed by atoms with Crippen LogP contribution in [0, 0.1) is 0 Å². The van der Waals surface area contributed by atoms with E-state index in [0.29, 0.717) is 20.8 Å². The van der Waals surface area contributed by atoms with Crippen molar-refractivity contribution in [2.24, 2.45) is 0 Å². The molecule has 0 saturated carbocycles. The molecule has 0 aliphatic heterocycles. The van der Waals surface area contributed by atoms with E-state index >= 15 is 0 Å². The topological polar surface area (TPSA) is 49.3 Å². The van der Waals surface area contributed by atoms with Gasteiger partial charge >= 0.3 is 5.97 Å². The van der Waals surface area contributed by atoms with Crippen LogP contribution in [0.1, 0.15) is 6.42 Å². The monoisotopic (exact) mass is 267 g/mol. The Morgan fingerprint density at radius 2 is 1.80 bits per heavy atom. The molecule has 1 aromatic rings. The molecule has 3 nitrogen and oxygen atoms in total. The Balaban J connectivity index is 2.72. The number of benzene rings is 1. The molecule has 15 heavy (non-hydrogen) atoms. The zero-order valence-corrected chi connectivity index (χ0v) is 9.83. The molecule has 1 rings (SSSR count). The van der Waals surface area contributed by atoms with Crippen molar-refractivity contribution in [2.45, 2.75) is 6.42 Å². The first-order chi connectivity index (χ1) is 7.00. The van der Waals surface area contributed by atoms with Gasteiger partial charge < -0.3 is 10.4 Å². The van der Waals surface area contributed by atoms with Gasteiger partial charge in [-0.25, -0.2) is 0 Å². The van der Waals surface area contributed by atoms with E-state index in [1.807, 2.05) is 0 Å². The molecule has 82 valence electrons. The molecule has 0 aliphatic carbocycles. The minimum absolute atomic E-state index is 0.00468. The van der Waals surface area contributed by atoms with Gasteiger partial charge in [-0.3, -0.25) is 4.79 Å². The number of carboxylic acid groups (broad SMARTS) is 1. The predicted molar refractivity (Wildman–Crippen MR) is 62.2 cm³/mol. The maximum Gasteiger partial charge on any atom is 0.305 e. The van der Waals surface area contributed by atoms with Gasteiger partial charge in [-0.15, -0.1) is 0 Å². The van der Waals surface area contributed by atoms with Crippen molar-refractivity contribution in [3.63, 3.8) is 0 Å². The summed E-state index contributed by atoms with van der Waals surface area (Å²) in [5, 5.41) is 12.5. The second-order valence-corrected chi connectivity index (χ2v) is 4.07. The third-order valence-electron chi connectivity index (χ3n) is 1.65. The fourth-order valence-corrected chi connectivity index (χ4v) is 1.96. The zero-order valence-electron chi connectivity index (χ0n) is 7.56. The normalized spacial score (nSPS) is 10.1. The van der Waals surface area contributed by atoms with E-state index < -0.39 is 5.97 Å². The van der Waals surface area contributed by atoms with Crippen LogP contribution in [-0.4, -0.2) is 17.6 Å². The Morgan fingerprint density at radius 3 is 2.27 bits per heavy atom. The maximum atomic E-state index is 10.3. The van der Waals surface area contributed by atoms with E-state index in [2.05, 4.69) is 5.32 Å². The minimum atomic E-state index is -0.885. The molecule has 0 heterocycles. The van der Waals surface area contributed by atoms with Gasteiger partial charge in [0.25, 0.3) is 0 Å². The van der Waals surface area contributed by atoms with Crippen LogP contribution in [0.3, 0.4) is 0 Å². The molecule has 0 aromatic heterocycles. The van der Waals surface area contributed by atoms with E-state index in [1.54, 1.807) is 0 Å². The lowest BCUT2D eigenvalue weighted by Gasteiger charge is -2.09. The van der Waals surface area contributed by atoms with Crippen LogP contribution in [0.15, 0.2) is 12.1 Å². The van der Waals surface area contributed by atoms with Crippen LogP contribution < -0.4 is 5.32 Å². The highest BCUT2D eigenvalue weighted by molar-refractivity contribution is 6.41. The summed E-state index contributed by atoms with van der Waals surface area (Å²) in [5.41, 5.74) is 0.504. The van der Waals surface area contributed by atoms with Crippen molar-refractivity contribution in [2.75, 3.05) is 11.9 Å². The number of carboxylic acids is 1. The zero-order chi connectivity index (χ0) is 11.4. The number of aliphatic carboxylic acids is 1. The summed E-state index contributed by atoms with van der Waals surface area (Å²) in [4.78, 5) is 10.3. The van der Waals surface area contributed by atoms with E-state index in [9.17, 15) is 4.79 Å². The number of carbonyl (C=O) groups is 1. The molecular formula is C9H8Cl3NO2. The molecule has 0 radical (unpaired) electrons. The van der Waals surface area contributed by atoms with Gasteiger partial charge in [-0.05, 0) is 12.1 Å². The van der Waals surface area contributed by atoms with Crippen LogP contribution in [0.2, 0.25) is 15.1 Å². The quantitative estimate of drug-likeness (QED) is 0.878. The number of halogens is 3. The van der Waals surface area contributed by atoms with E-state index in [1.165, 1.54) is 12.1 Å². The summed E-state index contributed by atoms with van der Waals surface area (Å²) in [6, 6.07) is 3.08. The van der Waals surface area contributed by atoms with Crippen molar-refractivity contribution in [1.29, 1.82) is 0 Å².